The molecule has 0 aliphatic rings. The van der Waals surface area contributed by atoms with Crippen molar-refractivity contribution in [1.29, 1.82) is 0 Å². The van der Waals surface area contributed by atoms with Crippen molar-refractivity contribution in [2.45, 2.75) is 13.1 Å². The van der Waals surface area contributed by atoms with Crippen LogP contribution in [0.2, 0.25) is 0 Å². The smallest absolute Gasteiger partial charge is 0.242 e. The molecule has 0 fully saturated rings. The van der Waals surface area contributed by atoms with Gasteiger partial charge in [0.05, 0.1) is 0 Å². The van der Waals surface area contributed by atoms with E-state index in [4.69, 9.17) is 0 Å². The number of hydrogen-bond donors (Lipinski definition) is 1. The van der Waals surface area contributed by atoms with Crippen molar-refractivity contribution in [3.8, 4) is 0 Å². The summed E-state index contributed by atoms with van der Waals surface area (Å²) in [5, 5.41) is 10.0. The first-order valence-corrected chi connectivity index (χ1v) is 6.74. The average Bonchev–Trinajstić information content (AvgIpc) is 3.06. The third-order valence-electron chi connectivity index (χ3n) is 2.78. The average molecular weight is 272 g/mol. The van der Waals surface area contributed by atoms with Gasteiger partial charge in [0, 0.05) is 11.2 Å². The molecule has 0 aliphatic carbocycles. The van der Waals surface area contributed by atoms with Gasteiger partial charge in [-0.15, -0.1) is 11.3 Å². The topological polar surface area (TPSA) is 59.8 Å². The summed E-state index contributed by atoms with van der Waals surface area (Å²) in [6.45, 7) is 0.722. The summed E-state index contributed by atoms with van der Waals surface area (Å²) in [6, 6.07) is 8.30. The first-order valence-electron chi connectivity index (χ1n) is 5.86. The van der Waals surface area contributed by atoms with Crippen LogP contribution in [0.5, 0.6) is 0 Å². The number of carbonyl (C=O) groups is 1. The molecular formula is C13H12N4OS. The normalized spacial score (nSPS) is 10.7. The van der Waals surface area contributed by atoms with Crippen LogP contribution in [0.1, 0.15) is 5.56 Å². The second-order valence-electron chi connectivity index (χ2n) is 4.16. The van der Waals surface area contributed by atoms with E-state index in [1.54, 1.807) is 11.3 Å². The molecule has 96 valence electrons. The standard InChI is InChI=1S/C13H12N4OS/c18-13(7-17-9-14-8-16-17)15-6-10-1-2-12-11(5-10)3-4-19-12/h1-5,8-9H,6-7H2,(H,15,18). The van der Waals surface area contributed by atoms with Gasteiger partial charge < -0.3 is 5.32 Å². The van der Waals surface area contributed by atoms with Crippen molar-refractivity contribution >= 4 is 27.3 Å². The molecule has 2 aromatic heterocycles. The maximum Gasteiger partial charge on any atom is 0.242 e. The highest BCUT2D eigenvalue weighted by molar-refractivity contribution is 7.17. The van der Waals surface area contributed by atoms with Crippen LogP contribution in [0, 0.1) is 0 Å². The summed E-state index contributed by atoms with van der Waals surface area (Å²) >= 11 is 1.72. The second-order valence-corrected chi connectivity index (χ2v) is 5.11. The van der Waals surface area contributed by atoms with Gasteiger partial charge in [0.25, 0.3) is 0 Å². The Morgan fingerprint density at radius 2 is 2.32 bits per heavy atom. The van der Waals surface area contributed by atoms with E-state index >= 15 is 0 Å². The fourth-order valence-corrected chi connectivity index (χ4v) is 2.62. The van der Waals surface area contributed by atoms with Crippen molar-refractivity contribution in [2.24, 2.45) is 0 Å². The van der Waals surface area contributed by atoms with E-state index in [1.807, 2.05) is 6.07 Å². The van der Waals surface area contributed by atoms with E-state index in [1.165, 1.54) is 27.4 Å². The zero-order chi connectivity index (χ0) is 13.1. The Labute approximate surface area is 113 Å². The third kappa shape index (κ3) is 2.79. The van der Waals surface area contributed by atoms with Gasteiger partial charge in [-0.25, -0.2) is 9.67 Å². The summed E-state index contributed by atoms with van der Waals surface area (Å²) in [5.41, 5.74) is 1.10. The zero-order valence-electron chi connectivity index (χ0n) is 10.1. The van der Waals surface area contributed by atoms with Crippen LogP contribution in [0.15, 0.2) is 42.3 Å². The highest BCUT2D eigenvalue weighted by Gasteiger charge is 2.03. The maximum absolute atomic E-state index is 11.7. The molecule has 0 aliphatic heterocycles. The van der Waals surface area contributed by atoms with Crippen LogP contribution in [-0.4, -0.2) is 20.7 Å². The highest BCUT2D eigenvalue weighted by atomic mass is 32.1. The fourth-order valence-electron chi connectivity index (χ4n) is 1.84. The Balaban J connectivity index is 1.60. The van der Waals surface area contributed by atoms with Gasteiger partial charge in [-0.05, 0) is 34.5 Å². The first-order chi connectivity index (χ1) is 9.31. The molecule has 0 spiro atoms. The second kappa shape index (κ2) is 5.19. The summed E-state index contributed by atoms with van der Waals surface area (Å²) < 4.78 is 2.76. The number of amides is 1. The number of aromatic nitrogens is 3. The van der Waals surface area contributed by atoms with Gasteiger partial charge in [0.1, 0.15) is 19.2 Å². The molecule has 1 aromatic carbocycles. The molecular weight excluding hydrogens is 260 g/mol. The van der Waals surface area contributed by atoms with Gasteiger partial charge in [-0.1, -0.05) is 6.07 Å². The first kappa shape index (κ1) is 11.9. The number of nitrogens with zero attached hydrogens (tertiary/aromatic N) is 3. The predicted molar refractivity (Wildman–Crippen MR) is 73.7 cm³/mol. The summed E-state index contributed by atoms with van der Waals surface area (Å²) in [5.74, 6) is -0.0732. The van der Waals surface area contributed by atoms with E-state index in [0.717, 1.165) is 5.56 Å². The fraction of sp³-hybridized carbons (Fsp3) is 0.154. The minimum absolute atomic E-state index is 0.0732. The number of nitrogens with one attached hydrogen (secondary N) is 1. The van der Waals surface area contributed by atoms with E-state index in [9.17, 15) is 4.79 Å². The van der Waals surface area contributed by atoms with Crippen LogP contribution in [0.4, 0.5) is 0 Å². The largest absolute Gasteiger partial charge is 0.350 e. The summed E-state index contributed by atoms with van der Waals surface area (Å²) in [7, 11) is 0. The number of fused-ring (bicyclic) bond motifs is 1. The predicted octanol–water partition coefficient (Wildman–Crippen LogP) is 1.81. The van der Waals surface area contributed by atoms with E-state index < -0.39 is 0 Å². The molecule has 1 amide bonds. The van der Waals surface area contributed by atoms with Crippen LogP contribution in [0.25, 0.3) is 10.1 Å². The molecule has 2 heterocycles. The molecule has 0 saturated heterocycles. The Morgan fingerprint density at radius 3 is 3.16 bits per heavy atom. The van der Waals surface area contributed by atoms with Gasteiger partial charge in [-0.3, -0.25) is 4.79 Å². The molecule has 5 nitrogen and oxygen atoms in total. The molecule has 6 heteroatoms. The summed E-state index contributed by atoms with van der Waals surface area (Å²) in [4.78, 5) is 15.5. The quantitative estimate of drug-likeness (QED) is 0.788. The molecule has 0 atom stereocenters. The lowest BCUT2D eigenvalue weighted by atomic mass is 10.2. The van der Waals surface area contributed by atoms with Crippen LogP contribution >= 0.6 is 11.3 Å². The lowest BCUT2D eigenvalue weighted by molar-refractivity contribution is -0.122. The van der Waals surface area contributed by atoms with Crippen LogP contribution < -0.4 is 5.32 Å². The Hall–Kier alpha value is -2.21. The molecule has 0 radical (unpaired) electrons. The third-order valence-corrected chi connectivity index (χ3v) is 3.68. The van der Waals surface area contributed by atoms with Crippen molar-refractivity contribution in [2.75, 3.05) is 0 Å². The van der Waals surface area contributed by atoms with Gasteiger partial charge >= 0.3 is 0 Å². The van der Waals surface area contributed by atoms with Crippen LogP contribution in [-0.2, 0) is 17.9 Å². The van der Waals surface area contributed by atoms with Gasteiger partial charge in [0.15, 0.2) is 0 Å². The van der Waals surface area contributed by atoms with Gasteiger partial charge in [-0.2, -0.15) is 5.10 Å². The molecule has 3 rings (SSSR count). The molecule has 0 bridgehead atoms. The Kier molecular flexibility index (Phi) is 3.24. The van der Waals surface area contributed by atoms with Crippen molar-refractivity contribution < 1.29 is 4.79 Å². The molecule has 3 aromatic rings. The van der Waals surface area contributed by atoms with E-state index in [2.05, 4.69) is 39.0 Å². The Bertz CT molecular complexity index is 690. The van der Waals surface area contributed by atoms with Crippen LogP contribution in [0.3, 0.4) is 0 Å². The molecule has 0 unspecified atom stereocenters. The minimum atomic E-state index is -0.0732. The Morgan fingerprint density at radius 1 is 1.37 bits per heavy atom. The van der Waals surface area contributed by atoms with E-state index in [-0.39, 0.29) is 12.5 Å². The molecule has 19 heavy (non-hydrogen) atoms. The number of benzene rings is 1. The lowest BCUT2D eigenvalue weighted by Crippen LogP contribution is -2.27. The number of thiophene rings is 1. The maximum atomic E-state index is 11.7. The number of hydrogen-bond acceptors (Lipinski definition) is 4. The SMILES string of the molecule is O=C(Cn1cncn1)NCc1ccc2sccc2c1. The highest BCUT2D eigenvalue weighted by Crippen LogP contribution is 2.21. The number of rotatable bonds is 4. The van der Waals surface area contributed by atoms with E-state index in [0.29, 0.717) is 6.54 Å². The van der Waals surface area contributed by atoms with Crippen molar-refractivity contribution in [3.05, 3.63) is 47.9 Å². The minimum Gasteiger partial charge on any atom is -0.350 e. The molecule has 0 saturated carbocycles. The zero-order valence-corrected chi connectivity index (χ0v) is 10.9. The monoisotopic (exact) mass is 272 g/mol. The van der Waals surface area contributed by atoms with Crippen molar-refractivity contribution in [1.82, 2.24) is 20.1 Å². The summed E-state index contributed by atoms with van der Waals surface area (Å²) in [6.07, 6.45) is 2.94. The number of carbonyl (C=O) groups excluding carboxylic acids is 1. The van der Waals surface area contributed by atoms with Crippen molar-refractivity contribution in [3.63, 3.8) is 0 Å². The lowest BCUT2D eigenvalue weighted by Gasteiger charge is -2.05. The molecule has 1 N–H and O–H groups in total. The van der Waals surface area contributed by atoms with Gasteiger partial charge in [0.2, 0.25) is 5.91 Å².